The second-order valence-electron chi connectivity index (χ2n) is 3.08. The van der Waals surface area contributed by atoms with E-state index in [0.717, 1.165) is 28.6 Å². The van der Waals surface area contributed by atoms with E-state index in [2.05, 4.69) is 31.9 Å². The van der Waals surface area contributed by atoms with Crippen LogP contribution < -0.4 is 4.74 Å². The predicted octanol–water partition coefficient (Wildman–Crippen LogP) is 3.76. The average molecular weight is 338 g/mol. The van der Waals surface area contributed by atoms with Crippen LogP contribution in [0, 0.1) is 0 Å². The number of alkyl halides is 1. The Bertz CT molecular complexity index is 303. The van der Waals surface area contributed by atoms with Crippen molar-refractivity contribution in [2.75, 3.05) is 20.3 Å². The molecule has 0 saturated heterocycles. The molecule has 0 aliphatic heterocycles. The van der Waals surface area contributed by atoms with Crippen molar-refractivity contribution in [3.8, 4) is 5.75 Å². The number of ether oxygens (including phenoxy) is 2. The topological polar surface area (TPSA) is 18.5 Å². The van der Waals surface area contributed by atoms with Gasteiger partial charge in [0.05, 0.1) is 6.61 Å². The fourth-order valence-corrected chi connectivity index (χ4v) is 2.36. The molecular weight excluding hydrogens is 324 g/mol. The molecule has 1 aromatic carbocycles. The van der Waals surface area contributed by atoms with Crippen LogP contribution in [0.25, 0.3) is 0 Å². The summed E-state index contributed by atoms with van der Waals surface area (Å²) in [6.45, 7) is 1.43. The number of rotatable bonds is 6. The highest BCUT2D eigenvalue weighted by Crippen LogP contribution is 2.24. The summed E-state index contributed by atoms with van der Waals surface area (Å²) in [5.74, 6) is 0.906. The SMILES string of the molecule is COCCCOc1ccc(Br)c(CBr)c1. The Morgan fingerprint density at radius 1 is 1.27 bits per heavy atom. The van der Waals surface area contributed by atoms with E-state index >= 15 is 0 Å². The van der Waals surface area contributed by atoms with Crippen LogP contribution in [0.5, 0.6) is 5.75 Å². The Hall–Kier alpha value is -0.0600. The number of halogens is 2. The van der Waals surface area contributed by atoms with Gasteiger partial charge in [-0.1, -0.05) is 31.9 Å². The van der Waals surface area contributed by atoms with Gasteiger partial charge in [-0.2, -0.15) is 0 Å². The van der Waals surface area contributed by atoms with Gasteiger partial charge in [-0.15, -0.1) is 0 Å². The van der Waals surface area contributed by atoms with Gasteiger partial charge in [-0.25, -0.2) is 0 Å². The summed E-state index contributed by atoms with van der Waals surface area (Å²) < 4.78 is 11.6. The molecule has 0 aliphatic carbocycles. The van der Waals surface area contributed by atoms with Crippen LogP contribution in [0.3, 0.4) is 0 Å². The summed E-state index contributed by atoms with van der Waals surface area (Å²) in [4.78, 5) is 0. The summed E-state index contributed by atoms with van der Waals surface area (Å²) in [7, 11) is 1.70. The van der Waals surface area contributed by atoms with Crippen LogP contribution in [0.1, 0.15) is 12.0 Å². The third-order valence-corrected chi connectivity index (χ3v) is 3.30. The van der Waals surface area contributed by atoms with Crippen molar-refractivity contribution in [3.63, 3.8) is 0 Å². The molecule has 0 saturated carbocycles. The first-order valence-corrected chi connectivity index (χ1v) is 6.65. The molecule has 84 valence electrons. The molecule has 0 unspecified atom stereocenters. The molecule has 4 heteroatoms. The Balaban J connectivity index is 2.47. The van der Waals surface area contributed by atoms with Gasteiger partial charge in [0.15, 0.2) is 0 Å². The van der Waals surface area contributed by atoms with E-state index in [1.54, 1.807) is 7.11 Å². The summed E-state index contributed by atoms with van der Waals surface area (Å²) in [6.07, 6.45) is 0.913. The first-order valence-electron chi connectivity index (χ1n) is 4.74. The zero-order valence-corrected chi connectivity index (χ0v) is 11.8. The zero-order valence-electron chi connectivity index (χ0n) is 8.63. The van der Waals surface area contributed by atoms with Gasteiger partial charge < -0.3 is 9.47 Å². The quantitative estimate of drug-likeness (QED) is 0.581. The smallest absolute Gasteiger partial charge is 0.119 e. The molecule has 0 fully saturated rings. The molecule has 0 bridgehead atoms. The van der Waals surface area contributed by atoms with E-state index in [9.17, 15) is 0 Å². The van der Waals surface area contributed by atoms with Gasteiger partial charge in [-0.05, 0) is 23.8 Å². The van der Waals surface area contributed by atoms with Crippen LogP contribution >= 0.6 is 31.9 Å². The monoisotopic (exact) mass is 336 g/mol. The van der Waals surface area contributed by atoms with Crippen molar-refractivity contribution in [2.45, 2.75) is 11.8 Å². The fraction of sp³-hybridized carbons (Fsp3) is 0.455. The molecule has 0 aromatic heterocycles. The number of benzene rings is 1. The third-order valence-electron chi connectivity index (χ3n) is 1.92. The van der Waals surface area contributed by atoms with Crippen LogP contribution in [-0.4, -0.2) is 20.3 Å². The van der Waals surface area contributed by atoms with Crippen LogP contribution in [0.15, 0.2) is 22.7 Å². The lowest BCUT2D eigenvalue weighted by Crippen LogP contribution is -2.01. The minimum atomic E-state index is 0.692. The van der Waals surface area contributed by atoms with Crippen LogP contribution in [0.4, 0.5) is 0 Å². The lowest BCUT2D eigenvalue weighted by atomic mass is 10.2. The highest BCUT2D eigenvalue weighted by molar-refractivity contribution is 9.10. The van der Waals surface area contributed by atoms with Crippen molar-refractivity contribution in [3.05, 3.63) is 28.2 Å². The molecule has 15 heavy (non-hydrogen) atoms. The maximum Gasteiger partial charge on any atom is 0.119 e. The zero-order chi connectivity index (χ0) is 11.1. The Kier molecular flexibility index (Phi) is 6.29. The molecule has 0 radical (unpaired) electrons. The number of hydrogen-bond donors (Lipinski definition) is 0. The molecule has 0 spiro atoms. The minimum absolute atomic E-state index is 0.692. The largest absolute Gasteiger partial charge is 0.493 e. The average Bonchev–Trinajstić information content (AvgIpc) is 2.26. The maximum atomic E-state index is 5.58. The van der Waals surface area contributed by atoms with Crippen molar-refractivity contribution in [2.24, 2.45) is 0 Å². The normalized spacial score (nSPS) is 10.3. The van der Waals surface area contributed by atoms with E-state index < -0.39 is 0 Å². The summed E-state index contributed by atoms with van der Waals surface area (Å²) in [5.41, 5.74) is 1.19. The van der Waals surface area contributed by atoms with Gasteiger partial charge in [-0.3, -0.25) is 0 Å². The summed E-state index contributed by atoms with van der Waals surface area (Å²) >= 11 is 6.91. The minimum Gasteiger partial charge on any atom is -0.493 e. The molecule has 1 rings (SSSR count). The molecular formula is C11H14Br2O2. The van der Waals surface area contributed by atoms with Crippen molar-refractivity contribution < 1.29 is 9.47 Å². The van der Waals surface area contributed by atoms with E-state index in [4.69, 9.17) is 9.47 Å². The van der Waals surface area contributed by atoms with Crippen molar-refractivity contribution >= 4 is 31.9 Å². The fourth-order valence-electron chi connectivity index (χ4n) is 1.14. The Morgan fingerprint density at radius 2 is 2.07 bits per heavy atom. The van der Waals surface area contributed by atoms with E-state index in [1.165, 1.54) is 5.56 Å². The summed E-state index contributed by atoms with van der Waals surface area (Å²) in [6, 6.07) is 6.00. The first-order chi connectivity index (χ1) is 7.27. The van der Waals surface area contributed by atoms with Crippen molar-refractivity contribution in [1.29, 1.82) is 0 Å². The van der Waals surface area contributed by atoms with E-state index in [0.29, 0.717) is 6.61 Å². The number of hydrogen-bond acceptors (Lipinski definition) is 2. The van der Waals surface area contributed by atoms with Gasteiger partial charge in [0.25, 0.3) is 0 Å². The lowest BCUT2D eigenvalue weighted by molar-refractivity contribution is 0.172. The first kappa shape index (κ1) is 13.0. The Labute approximate surface area is 107 Å². The van der Waals surface area contributed by atoms with Gasteiger partial charge >= 0.3 is 0 Å². The second kappa shape index (κ2) is 7.25. The van der Waals surface area contributed by atoms with Gasteiger partial charge in [0.2, 0.25) is 0 Å². The molecule has 2 nitrogen and oxygen atoms in total. The maximum absolute atomic E-state index is 5.58. The summed E-state index contributed by atoms with van der Waals surface area (Å²) in [5, 5.41) is 0.822. The predicted molar refractivity (Wildman–Crippen MR) is 68.8 cm³/mol. The standard InChI is InChI=1S/C11H14Br2O2/c1-14-5-2-6-15-10-3-4-11(13)9(7-10)8-12/h3-4,7H,2,5-6,8H2,1H3. The molecule has 0 atom stereocenters. The highest BCUT2D eigenvalue weighted by atomic mass is 79.9. The molecule has 0 heterocycles. The third kappa shape index (κ3) is 4.53. The molecule has 0 aliphatic rings. The van der Waals surface area contributed by atoms with Crippen LogP contribution in [-0.2, 0) is 10.1 Å². The second-order valence-corrected chi connectivity index (χ2v) is 4.50. The lowest BCUT2D eigenvalue weighted by Gasteiger charge is -2.08. The highest BCUT2D eigenvalue weighted by Gasteiger charge is 2.00. The van der Waals surface area contributed by atoms with Crippen LogP contribution in [0.2, 0.25) is 0 Å². The van der Waals surface area contributed by atoms with E-state index in [1.807, 2.05) is 18.2 Å². The Morgan fingerprint density at radius 3 is 2.73 bits per heavy atom. The van der Waals surface area contributed by atoms with Crippen molar-refractivity contribution in [1.82, 2.24) is 0 Å². The molecule has 0 amide bonds. The molecule has 0 N–H and O–H groups in total. The van der Waals surface area contributed by atoms with Gasteiger partial charge in [0, 0.05) is 29.9 Å². The molecule has 1 aromatic rings. The number of methoxy groups -OCH3 is 1. The van der Waals surface area contributed by atoms with Gasteiger partial charge in [0.1, 0.15) is 5.75 Å². The van der Waals surface area contributed by atoms with E-state index in [-0.39, 0.29) is 0 Å².